The molecule has 1 aromatic rings. The summed E-state index contributed by atoms with van der Waals surface area (Å²) >= 11 is 3.58. The first-order chi connectivity index (χ1) is 10.7. The molecule has 0 spiro atoms. The van der Waals surface area contributed by atoms with E-state index in [0.717, 1.165) is 29.7 Å². The Morgan fingerprint density at radius 3 is 2.64 bits per heavy atom. The van der Waals surface area contributed by atoms with Crippen LogP contribution in [0.1, 0.15) is 31.7 Å². The van der Waals surface area contributed by atoms with Crippen LogP contribution in [-0.2, 0) is 6.42 Å². The van der Waals surface area contributed by atoms with Gasteiger partial charge in [-0.2, -0.15) is 0 Å². The molecule has 1 saturated heterocycles. The number of piperazine rings is 1. The molecule has 0 saturated carbocycles. The molecule has 0 bridgehead atoms. The highest BCUT2D eigenvalue weighted by atomic mass is 79.9. The van der Waals surface area contributed by atoms with Crippen LogP contribution in [0, 0.1) is 0 Å². The molecule has 0 aromatic heterocycles. The molecule has 0 N–H and O–H groups in total. The minimum Gasteiger partial charge on any atom is -0.493 e. The highest BCUT2D eigenvalue weighted by Crippen LogP contribution is 2.25. The third kappa shape index (κ3) is 5.90. The number of nitrogens with zero attached hydrogens (tertiary/aromatic N) is 2. The Kier molecular flexibility index (Phi) is 7.70. The lowest BCUT2D eigenvalue weighted by Gasteiger charge is -2.32. The highest BCUT2D eigenvalue weighted by Gasteiger charge is 2.13. The second-order valence-electron chi connectivity index (χ2n) is 6.20. The zero-order chi connectivity index (χ0) is 15.8. The highest BCUT2D eigenvalue weighted by molar-refractivity contribution is 9.10. The summed E-state index contributed by atoms with van der Waals surface area (Å²) in [6.45, 7) is 9.01. The number of rotatable bonds is 8. The van der Waals surface area contributed by atoms with Gasteiger partial charge in [0, 0.05) is 30.7 Å². The normalized spacial score (nSPS) is 16.9. The Bertz CT molecular complexity index is 445. The minimum atomic E-state index is 0.823. The molecule has 0 aliphatic carbocycles. The molecule has 0 radical (unpaired) electrons. The summed E-state index contributed by atoms with van der Waals surface area (Å²) in [5.74, 6) is 1.06. The molecule has 1 aliphatic heterocycles. The number of ether oxygens (including phenoxy) is 1. The van der Waals surface area contributed by atoms with E-state index in [4.69, 9.17) is 4.74 Å². The van der Waals surface area contributed by atoms with Gasteiger partial charge >= 0.3 is 0 Å². The maximum Gasteiger partial charge on any atom is 0.122 e. The Labute approximate surface area is 143 Å². The Morgan fingerprint density at radius 2 is 1.91 bits per heavy atom. The fourth-order valence-corrected chi connectivity index (χ4v) is 3.18. The average Bonchev–Trinajstić information content (AvgIpc) is 2.51. The number of benzene rings is 1. The first-order valence-electron chi connectivity index (χ1n) is 8.51. The third-order valence-electron chi connectivity index (χ3n) is 4.29. The van der Waals surface area contributed by atoms with Gasteiger partial charge in [-0.25, -0.2) is 0 Å². The van der Waals surface area contributed by atoms with Crippen molar-refractivity contribution in [1.29, 1.82) is 0 Å². The quantitative estimate of drug-likeness (QED) is 0.648. The lowest BCUT2D eigenvalue weighted by molar-refractivity contribution is 0.153. The van der Waals surface area contributed by atoms with Crippen molar-refractivity contribution in [2.24, 2.45) is 0 Å². The second-order valence-corrected chi connectivity index (χ2v) is 7.12. The summed E-state index contributed by atoms with van der Waals surface area (Å²) in [6, 6.07) is 6.39. The number of likely N-dealkylation sites (N-methyl/N-ethyl adjacent to an activating group) is 1. The summed E-state index contributed by atoms with van der Waals surface area (Å²) in [7, 11) is 2.21. The molecule has 4 heteroatoms. The van der Waals surface area contributed by atoms with E-state index >= 15 is 0 Å². The molecule has 2 rings (SSSR count). The smallest absolute Gasteiger partial charge is 0.122 e. The van der Waals surface area contributed by atoms with Crippen molar-refractivity contribution in [2.45, 2.75) is 32.6 Å². The maximum absolute atomic E-state index is 5.95. The lowest BCUT2D eigenvalue weighted by Crippen LogP contribution is -2.44. The van der Waals surface area contributed by atoms with Crippen molar-refractivity contribution < 1.29 is 4.74 Å². The lowest BCUT2D eigenvalue weighted by atomic mass is 10.1. The fourth-order valence-electron chi connectivity index (χ4n) is 2.78. The molecular weight excluding hydrogens is 340 g/mol. The van der Waals surface area contributed by atoms with Crippen LogP contribution < -0.4 is 4.74 Å². The van der Waals surface area contributed by atoms with Crippen LogP contribution >= 0.6 is 15.9 Å². The third-order valence-corrected chi connectivity index (χ3v) is 4.79. The van der Waals surface area contributed by atoms with Gasteiger partial charge in [0.25, 0.3) is 0 Å². The number of hydrogen-bond acceptors (Lipinski definition) is 3. The molecule has 22 heavy (non-hydrogen) atoms. The van der Waals surface area contributed by atoms with Crippen LogP contribution in [0.15, 0.2) is 22.7 Å². The van der Waals surface area contributed by atoms with Crippen LogP contribution in [0.2, 0.25) is 0 Å². The van der Waals surface area contributed by atoms with Gasteiger partial charge in [0.2, 0.25) is 0 Å². The van der Waals surface area contributed by atoms with Crippen LogP contribution in [0.3, 0.4) is 0 Å². The molecule has 0 atom stereocenters. The standard InChI is InChI=1S/C18H29BrN2O/c1-3-4-14-22-18-8-7-17(19)15-16(18)6-5-9-21-12-10-20(2)11-13-21/h7-8,15H,3-6,9-14H2,1-2H3. The largest absolute Gasteiger partial charge is 0.493 e. The summed E-state index contributed by atoms with van der Waals surface area (Å²) < 4.78 is 7.09. The van der Waals surface area contributed by atoms with E-state index in [1.807, 2.05) is 0 Å². The van der Waals surface area contributed by atoms with Crippen molar-refractivity contribution in [1.82, 2.24) is 9.80 Å². The number of aryl methyl sites for hydroxylation is 1. The monoisotopic (exact) mass is 368 g/mol. The minimum absolute atomic E-state index is 0.823. The second kappa shape index (κ2) is 9.53. The Balaban J connectivity index is 1.81. The van der Waals surface area contributed by atoms with E-state index < -0.39 is 0 Å². The van der Waals surface area contributed by atoms with E-state index in [2.05, 4.69) is 57.9 Å². The van der Waals surface area contributed by atoms with E-state index in [1.165, 1.54) is 51.1 Å². The molecule has 0 amide bonds. The Hall–Kier alpha value is -0.580. The van der Waals surface area contributed by atoms with Crippen LogP contribution in [-0.4, -0.2) is 56.2 Å². The molecule has 0 unspecified atom stereocenters. The van der Waals surface area contributed by atoms with E-state index in [0.29, 0.717) is 0 Å². The van der Waals surface area contributed by atoms with Crippen molar-refractivity contribution in [3.8, 4) is 5.75 Å². The first-order valence-corrected chi connectivity index (χ1v) is 9.30. The summed E-state index contributed by atoms with van der Waals surface area (Å²) in [5.41, 5.74) is 1.33. The van der Waals surface area contributed by atoms with Crippen LogP contribution in [0.25, 0.3) is 0 Å². The molecule has 3 nitrogen and oxygen atoms in total. The number of halogens is 1. The van der Waals surface area contributed by atoms with Gasteiger partial charge in [0.1, 0.15) is 5.75 Å². The zero-order valence-corrected chi connectivity index (χ0v) is 15.6. The Morgan fingerprint density at radius 1 is 1.14 bits per heavy atom. The topological polar surface area (TPSA) is 15.7 Å². The predicted molar refractivity (Wildman–Crippen MR) is 96.8 cm³/mol. The first kappa shape index (κ1) is 17.8. The summed E-state index contributed by atoms with van der Waals surface area (Å²) in [5, 5.41) is 0. The van der Waals surface area contributed by atoms with Gasteiger partial charge in [-0.15, -0.1) is 0 Å². The van der Waals surface area contributed by atoms with Gasteiger partial charge in [0.15, 0.2) is 0 Å². The summed E-state index contributed by atoms with van der Waals surface area (Å²) in [4.78, 5) is 4.99. The van der Waals surface area contributed by atoms with Gasteiger partial charge in [-0.3, -0.25) is 0 Å². The molecule has 1 heterocycles. The average molecular weight is 369 g/mol. The molecular formula is C18H29BrN2O. The molecule has 1 aromatic carbocycles. The van der Waals surface area contributed by atoms with E-state index in [9.17, 15) is 0 Å². The van der Waals surface area contributed by atoms with E-state index in [1.54, 1.807) is 0 Å². The molecule has 1 fully saturated rings. The molecule has 124 valence electrons. The van der Waals surface area contributed by atoms with Crippen molar-refractivity contribution in [2.75, 3.05) is 46.4 Å². The van der Waals surface area contributed by atoms with Crippen LogP contribution in [0.4, 0.5) is 0 Å². The van der Waals surface area contributed by atoms with Gasteiger partial charge in [0.05, 0.1) is 6.61 Å². The van der Waals surface area contributed by atoms with Crippen molar-refractivity contribution in [3.05, 3.63) is 28.2 Å². The number of unbranched alkanes of at least 4 members (excludes halogenated alkanes) is 1. The maximum atomic E-state index is 5.95. The van der Waals surface area contributed by atoms with Gasteiger partial charge in [-0.1, -0.05) is 29.3 Å². The summed E-state index contributed by atoms with van der Waals surface area (Å²) in [6.07, 6.45) is 4.59. The molecule has 1 aliphatic rings. The zero-order valence-electron chi connectivity index (χ0n) is 14.0. The van der Waals surface area contributed by atoms with Gasteiger partial charge < -0.3 is 14.5 Å². The predicted octanol–water partition coefficient (Wildman–Crippen LogP) is 3.81. The van der Waals surface area contributed by atoms with Crippen molar-refractivity contribution >= 4 is 15.9 Å². The fraction of sp³-hybridized carbons (Fsp3) is 0.667. The number of hydrogen-bond donors (Lipinski definition) is 0. The van der Waals surface area contributed by atoms with Crippen molar-refractivity contribution in [3.63, 3.8) is 0 Å². The van der Waals surface area contributed by atoms with Crippen LogP contribution in [0.5, 0.6) is 5.75 Å². The van der Waals surface area contributed by atoms with E-state index in [-0.39, 0.29) is 0 Å². The SMILES string of the molecule is CCCCOc1ccc(Br)cc1CCCN1CCN(C)CC1. The van der Waals surface area contributed by atoms with Gasteiger partial charge in [-0.05, 0) is 56.6 Å².